The Morgan fingerprint density at radius 2 is 1.82 bits per heavy atom. The number of nitriles is 2. The van der Waals surface area contributed by atoms with Gasteiger partial charge in [0, 0.05) is 0 Å². The van der Waals surface area contributed by atoms with Gasteiger partial charge in [-0.15, -0.1) is 0 Å². The fraction of sp³-hybridized carbons (Fsp3) is 0. The van der Waals surface area contributed by atoms with E-state index in [9.17, 15) is 0 Å². The number of hydrazone groups is 1. The van der Waals surface area contributed by atoms with Crippen LogP contribution in [0.25, 0.3) is 0 Å². The van der Waals surface area contributed by atoms with Crippen LogP contribution in [0, 0.1) is 22.7 Å². The van der Waals surface area contributed by atoms with Gasteiger partial charge in [-0.05, 0) is 37.9 Å². The molecule has 0 spiro atoms. The predicted octanol–water partition coefficient (Wildman–Crippen LogP) is 4.33. The maximum Gasteiger partial charge on any atom is 0.237 e. The predicted molar refractivity (Wildman–Crippen MR) is 74.1 cm³/mol. The molecule has 0 aliphatic heterocycles. The normalized spacial score (nSPS) is 9.06. The highest BCUT2D eigenvalue weighted by atomic mass is 79.9. The molecule has 1 aromatic carbocycles. The van der Waals surface area contributed by atoms with E-state index in [2.05, 4.69) is 42.4 Å². The first-order valence-electron chi connectivity index (χ1n) is 3.98. The third-order valence-electron chi connectivity index (χ3n) is 1.60. The first kappa shape index (κ1) is 14.3. The van der Waals surface area contributed by atoms with Crippen molar-refractivity contribution in [1.29, 1.82) is 10.5 Å². The van der Waals surface area contributed by atoms with Gasteiger partial charge in [-0.3, -0.25) is 5.43 Å². The van der Waals surface area contributed by atoms with E-state index in [4.69, 9.17) is 33.7 Å². The molecule has 1 rings (SSSR count). The zero-order chi connectivity index (χ0) is 13.0. The number of nitrogens with one attached hydrogen (secondary N) is 1. The quantitative estimate of drug-likeness (QED) is 0.350. The maximum atomic E-state index is 8.51. The first-order valence-corrected chi connectivity index (χ1v) is 6.32. The van der Waals surface area contributed by atoms with Crippen molar-refractivity contribution >= 4 is 66.5 Å². The molecule has 0 saturated heterocycles. The Morgan fingerprint density at radius 1 is 1.24 bits per heavy atom. The van der Waals surface area contributed by atoms with Crippen LogP contribution in [0.2, 0.25) is 10.0 Å². The summed E-state index contributed by atoms with van der Waals surface area (Å²) < 4.78 is 1.07. The average Bonchev–Trinajstić information content (AvgIpc) is 2.33. The van der Waals surface area contributed by atoms with Crippen molar-refractivity contribution in [3.8, 4) is 12.1 Å². The fourth-order valence-corrected chi connectivity index (χ4v) is 2.28. The molecule has 0 atom stereocenters. The molecule has 0 fully saturated rings. The lowest BCUT2D eigenvalue weighted by Gasteiger charge is -2.08. The van der Waals surface area contributed by atoms with Gasteiger partial charge in [-0.25, -0.2) is 0 Å². The average molecular weight is 397 g/mol. The van der Waals surface area contributed by atoms with E-state index < -0.39 is 0 Å². The Balaban J connectivity index is 3.15. The van der Waals surface area contributed by atoms with Gasteiger partial charge in [0.05, 0.1) is 24.7 Å². The molecule has 0 heterocycles. The molecule has 0 radical (unpaired) electrons. The highest BCUT2D eigenvalue weighted by Gasteiger charge is 2.12. The third kappa shape index (κ3) is 3.34. The lowest BCUT2D eigenvalue weighted by molar-refractivity contribution is 1.32. The Morgan fingerprint density at radius 3 is 2.35 bits per heavy atom. The van der Waals surface area contributed by atoms with E-state index in [-0.39, 0.29) is 5.71 Å². The molecule has 0 aliphatic carbocycles. The highest BCUT2D eigenvalue weighted by Crippen LogP contribution is 2.41. The minimum atomic E-state index is -0.299. The molecule has 4 nitrogen and oxygen atoms in total. The van der Waals surface area contributed by atoms with Crippen molar-refractivity contribution in [2.24, 2.45) is 5.10 Å². The first-order chi connectivity index (χ1) is 8.01. The Hall–Kier alpha value is -0.790. The van der Waals surface area contributed by atoms with Crippen LogP contribution in [0.1, 0.15) is 0 Å². The van der Waals surface area contributed by atoms with Gasteiger partial charge >= 0.3 is 0 Å². The number of hydrogen-bond donors (Lipinski definition) is 1. The summed E-state index contributed by atoms with van der Waals surface area (Å²) in [5, 5.41) is 21.4. The van der Waals surface area contributed by atoms with Crippen molar-refractivity contribution in [3.63, 3.8) is 0 Å². The largest absolute Gasteiger partial charge is 0.275 e. The molecule has 1 N–H and O–H groups in total. The number of halogens is 4. The number of rotatable bonds is 2. The van der Waals surface area contributed by atoms with Crippen molar-refractivity contribution in [2.75, 3.05) is 5.43 Å². The molecule has 86 valence electrons. The molecular weight excluding hydrogens is 395 g/mol. The summed E-state index contributed by atoms with van der Waals surface area (Å²) in [5.41, 5.74) is 2.68. The molecular formula is C9H2Br2Cl2N4. The van der Waals surface area contributed by atoms with Crippen LogP contribution in [0.15, 0.2) is 20.1 Å². The molecule has 0 aromatic heterocycles. The second-order valence-electron chi connectivity index (χ2n) is 2.64. The summed E-state index contributed by atoms with van der Waals surface area (Å²) in [6.07, 6.45) is 0. The molecule has 0 saturated carbocycles. The van der Waals surface area contributed by atoms with Gasteiger partial charge in [-0.1, -0.05) is 23.2 Å². The van der Waals surface area contributed by atoms with E-state index in [0.717, 1.165) is 0 Å². The topological polar surface area (TPSA) is 72.0 Å². The summed E-state index contributed by atoms with van der Waals surface area (Å²) in [6.45, 7) is 0. The Labute approximate surface area is 124 Å². The number of nitrogens with zero attached hydrogens (tertiary/aromatic N) is 3. The van der Waals surface area contributed by atoms with Gasteiger partial charge in [0.1, 0.15) is 12.1 Å². The van der Waals surface area contributed by atoms with E-state index >= 15 is 0 Å². The van der Waals surface area contributed by atoms with Gasteiger partial charge in [0.25, 0.3) is 0 Å². The Bertz CT molecular complexity index is 556. The molecule has 0 aliphatic rings. The molecule has 0 unspecified atom stereocenters. The second kappa shape index (κ2) is 6.23. The van der Waals surface area contributed by atoms with Crippen LogP contribution >= 0.6 is 55.1 Å². The number of anilines is 1. The van der Waals surface area contributed by atoms with Crippen LogP contribution in [-0.4, -0.2) is 5.71 Å². The highest BCUT2D eigenvalue weighted by molar-refractivity contribution is 9.11. The standard InChI is InChI=1S/C9H2Br2Cl2N4/c10-7-5(12)1-6(8(11)9(7)13)17-16-4(2-14)3-15/h1,17H. The summed E-state index contributed by atoms with van der Waals surface area (Å²) in [4.78, 5) is 0. The number of benzene rings is 1. The molecule has 0 amide bonds. The van der Waals surface area contributed by atoms with E-state index in [0.29, 0.717) is 24.7 Å². The smallest absolute Gasteiger partial charge is 0.237 e. The van der Waals surface area contributed by atoms with Crippen LogP contribution in [0.3, 0.4) is 0 Å². The van der Waals surface area contributed by atoms with Crippen LogP contribution in [0.5, 0.6) is 0 Å². The van der Waals surface area contributed by atoms with Crippen LogP contribution in [0.4, 0.5) is 5.69 Å². The zero-order valence-electron chi connectivity index (χ0n) is 7.93. The van der Waals surface area contributed by atoms with E-state index in [1.807, 2.05) is 0 Å². The molecule has 8 heteroatoms. The molecule has 1 aromatic rings. The zero-order valence-corrected chi connectivity index (χ0v) is 12.6. The van der Waals surface area contributed by atoms with Gasteiger partial charge in [-0.2, -0.15) is 15.6 Å². The summed E-state index contributed by atoms with van der Waals surface area (Å²) in [6, 6.07) is 4.79. The van der Waals surface area contributed by atoms with E-state index in [1.165, 1.54) is 0 Å². The van der Waals surface area contributed by atoms with Crippen LogP contribution in [-0.2, 0) is 0 Å². The summed E-state index contributed by atoms with van der Waals surface area (Å²) in [5.74, 6) is 0. The maximum absolute atomic E-state index is 8.51. The monoisotopic (exact) mass is 394 g/mol. The fourth-order valence-electron chi connectivity index (χ4n) is 0.845. The summed E-state index contributed by atoms with van der Waals surface area (Å²) >= 11 is 18.3. The molecule has 0 bridgehead atoms. The van der Waals surface area contributed by atoms with Crippen molar-refractivity contribution in [3.05, 3.63) is 25.1 Å². The van der Waals surface area contributed by atoms with Crippen LogP contribution < -0.4 is 5.43 Å². The second-order valence-corrected chi connectivity index (χ2v) is 5.01. The lowest BCUT2D eigenvalue weighted by atomic mass is 10.3. The Kier molecular flexibility index (Phi) is 5.23. The minimum Gasteiger partial charge on any atom is -0.275 e. The summed E-state index contributed by atoms with van der Waals surface area (Å²) in [7, 11) is 0. The molecule has 17 heavy (non-hydrogen) atoms. The van der Waals surface area contributed by atoms with Crippen molar-refractivity contribution < 1.29 is 0 Å². The van der Waals surface area contributed by atoms with Gasteiger partial charge in [0.2, 0.25) is 5.71 Å². The minimum absolute atomic E-state index is 0.299. The lowest BCUT2D eigenvalue weighted by Crippen LogP contribution is -1.97. The van der Waals surface area contributed by atoms with Crippen molar-refractivity contribution in [2.45, 2.75) is 0 Å². The van der Waals surface area contributed by atoms with Gasteiger partial charge < -0.3 is 0 Å². The van der Waals surface area contributed by atoms with Gasteiger partial charge in [0.15, 0.2) is 0 Å². The third-order valence-corrected chi connectivity index (χ3v) is 4.61. The van der Waals surface area contributed by atoms with Crippen molar-refractivity contribution in [1.82, 2.24) is 0 Å². The number of hydrogen-bond acceptors (Lipinski definition) is 4. The SMILES string of the molecule is N#CC(C#N)=NNc1cc(Cl)c(Br)c(Cl)c1Br. The van der Waals surface area contributed by atoms with E-state index in [1.54, 1.807) is 18.2 Å².